The van der Waals surface area contributed by atoms with Crippen molar-refractivity contribution in [3.63, 3.8) is 0 Å². The lowest BCUT2D eigenvalue weighted by Gasteiger charge is -2.04. The highest BCUT2D eigenvalue weighted by molar-refractivity contribution is 6.30. The lowest BCUT2D eigenvalue weighted by Crippen LogP contribution is -2.03. The number of benzene rings is 2. The van der Waals surface area contributed by atoms with Gasteiger partial charge in [0.05, 0.1) is 5.02 Å². The molecule has 0 aliphatic heterocycles. The lowest BCUT2D eigenvalue weighted by atomic mass is 10.0. The molecule has 0 aromatic heterocycles. The molecule has 0 N–H and O–H groups in total. The standard InChI is InChI=1S/C14H9ClF2O/c1-8-4-10(6-11(16)5-8)14(18)9-2-3-12(15)13(17)7-9/h2-7H,1H3. The smallest absolute Gasteiger partial charge is 0.193 e. The summed E-state index contributed by atoms with van der Waals surface area (Å²) < 4.78 is 26.5. The second-order valence-corrected chi connectivity index (χ2v) is 4.38. The molecule has 2 aromatic carbocycles. The maximum atomic E-state index is 13.3. The van der Waals surface area contributed by atoms with Crippen LogP contribution in [0.2, 0.25) is 5.02 Å². The van der Waals surface area contributed by atoms with Gasteiger partial charge in [-0.15, -0.1) is 0 Å². The zero-order chi connectivity index (χ0) is 13.3. The predicted octanol–water partition coefficient (Wildman–Crippen LogP) is 4.16. The van der Waals surface area contributed by atoms with Gasteiger partial charge in [0.2, 0.25) is 0 Å². The van der Waals surface area contributed by atoms with Crippen LogP contribution in [0.25, 0.3) is 0 Å². The van der Waals surface area contributed by atoms with E-state index in [4.69, 9.17) is 11.6 Å². The number of halogens is 3. The first-order valence-corrected chi connectivity index (χ1v) is 5.62. The molecule has 0 aliphatic carbocycles. The highest BCUT2D eigenvalue weighted by Gasteiger charge is 2.12. The van der Waals surface area contributed by atoms with Crippen LogP contribution in [-0.2, 0) is 0 Å². The zero-order valence-electron chi connectivity index (χ0n) is 9.51. The van der Waals surface area contributed by atoms with Gasteiger partial charge in [-0.1, -0.05) is 11.6 Å². The van der Waals surface area contributed by atoms with Gasteiger partial charge in [-0.05, 0) is 48.9 Å². The average molecular weight is 267 g/mol. The third-order valence-corrected chi connectivity index (χ3v) is 2.79. The van der Waals surface area contributed by atoms with Crippen LogP contribution in [0.5, 0.6) is 0 Å². The first-order chi connectivity index (χ1) is 8.47. The van der Waals surface area contributed by atoms with Crippen molar-refractivity contribution in [2.24, 2.45) is 0 Å². The molecule has 0 unspecified atom stereocenters. The third-order valence-electron chi connectivity index (χ3n) is 2.49. The number of carbonyl (C=O) groups is 1. The van der Waals surface area contributed by atoms with E-state index in [0.717, 1.165) is 12.1 Å². The van der Waals surface area contributed by atoms with E-state index in [0.29, 0.717) is 5.56 Å². The maximum absolute atomic E-state index is 13.3. The lowest BCUT2D eigenvalue weighted by molar-refractivity contribution is 0.103. The minimum absolute atomic E-state index is 0.0537. The molecular weight excluding hydrogens is 258 g/mol. The molecule has 0 saturated carbocycles. The molecule has 92 valence electrons. The topological polar surface area (TPSA) is 17.1 Å². The van der Waals surface area contributed by atoms with E-state index in [1.807, 2.05) is 0 Å². The third kappa shape index (κ3) is 2.57. The largest absolute Gasteiger partial charge is 0.289 e. The number of carbonyl (C=O) groups excluding carboxylic acids is 1. The molecule has 0 bridgehead atoms. The molecular formula is C14H9ClF2O. The Morgan fingerprint density at radius 1 is 1.06 bits per heavy atom. The van der Waals surface area contributed by atoms with Crippen molar-refractivity contribution in [1.82, 2.24) is 0 Å². The van der Waals surface area contributed by atoms with E-state index >= 15 is 0 Å². The van der Waals surface area contributed by atoms with E-state index in [9.17, 15) is 13.6 Å². The van der Waals surface area contributed by atoms with E-state index in [1.165, 1.54) is 18.2 Å². The minimum atomic E-state index is -0.671. The molecule has 0 spiro atoms. The van der Waals surface area contributed by atoms with Gasteiger partial charge >= 0.3 is 0 Å². The monoisotopic (exact) mass is 266 g/mol. The normalized spacial score (nSPS) is 10.4. The molecule has 2 rings (SSSR count). The highest BCUT2D eigenvalue weighted by atomic mass is 35.5. The van der Waals surface area contributed by atoms with Gasteiger partial charge in [-0.3, -0.25) is 4.79 Å². The summed E-state index contributed by atoms with van der Waals surface area (Å²) in [6.07, 6.45) is 0. The van der Waals surface area contributed by atoms with Crippen LogP contribution in [-0.4, -0.2) is 5.78 Å². The van der Waals surface area contributed by atoms with Gasteiger partial charge in [0.15, 0.2) is 5.78 Å². The van der Waals surface area contributed by atoms with Crippen molar-refractivity contribution in [1.29, 1.82) is 0 Å². The molecule has 0 atom stereocenters. The van der Waals surface area contributed by atoms with Crippen molar-refractivity contribution >= 4 is 17.4 Å². The van der Waals surface area contributed by atoms with Crippen LogP contribution >= 0.6 is 11.6 Å². The van der Waals surface area contributed by atoms with Gasteiger partial charge in [-0.2, -0.15) is 0 Å². The van der Waals surface area contributed by atoms with Gasteiger partial charge in [0.25, 0.3) is 0 Å². The Labute approximate surface area is 108 Å². The van der Waals surface area contributed by atoms with Crippen molar-refractivity contribution in [3.8, 4) is 0 Å². The summed E-state index contributed by atoms with van der Waals surface area (Å²) in [5.74, 6) is -1.60. The fourth-order valence-corrected chi connectivity index (χ4v) is 1.79. The van der Waals surface area contributed by atoms with Crippen LogP contribution < -0.4 is 0 Å². The Hall–Kier alpha value is -1.74. The molecule has 18 heavy (non-hydrogen) atoms. The molecule has 0 radical (unpaired) electrons. The average Bonchev–Trinajstić information content (AvgIpc) is 2.30. The van der Waals surface area contributed by atoms with Gasteiger partial charge in [0.1, 0.15) is 11.6 Å². The van der Waals surface area contributed by atoms with Crippen LogP contribution in [0.1, 0.15) is 21.5 Å². The summed E-state index contributed by atoms with van der Waals surface area (Å²) in [5.41, 5.74) is 0.962. The van der Waals surface area contributed by atoms with E-state index < -0.39 is 17.4 Å². The Kier molecular flexibility index (Phi) is 3.43. The van der Waals surface area contributed by atoms with Gasteiger partial charge < -0.3 is 0 Å². The number of hydrogen-bond donors (Lipinski definition) is 0. The first kappa shape index (κ1) is 12.7. The summed E-state index contributed by atoms with van der Waals surface area (Å²) in [7, 11) is 0. The molecule has 0 heterocycles. The predicted molar refractivity (Wildman–Crippen MR) is 66.0 cm³/mol. The molecule has 0 saturated heterocycles. The summed E-state index contributed by atoms with van der Waals surface area (Å²) in [6, 6.07) is 7.76. The van der Waals surface area contributed by atoms with Crippen molar-refractivity contribution < 1.29 is 13.6 Å². The quantitative estimate of drug-likeness (QED) is 0.746. The molecule has 2 aromatic rings. The SMILES string of the molecule is Cc1cc(F)cc(C(=O)c2ccc(Cl)c(F)c2)c1. The van der Waals surface area contributed by atoms with Crippen LogP contribution in [0.3, 0.4) is 0 Å². The van der Waals surface area contributed by atoms with Gasteiger partial charge in [-0.25, -0.2) is 8.78 Å². The number of hydrogen-bond acceptors (Lipinski definition) is 1. The fourth-order valence-electron chi connectivity index (χ4n) is 1.67. The second kappa shape index (κ2) is 4.86. The van der Waals surface area contributed by atoms with Crippen molar-refractivity contribution in [2.45, 2.75) is 6.92 Å². The maximum Gasteiger partial charge on any atom is 0.193 e. The summed E-state index contributed by atoms with van der Waals surface area (Å²) in [4.78, 5) is 12.0. The number of rotatable bonds is 2. The molecule has 0 fully saturated rings. The van der Waals surface area contributed by atoms with E-state index in [1.54, 1.807) is 13.0 Å². The van der Waals surface area contributed by atoms with E-state index in [2.05, 4.69) is 0 Å². The first-order valence-electron chi connectivity index (χ1n) is 5.24. The Morgan fingerprint density at radius 3 is 2.39 bits per heavy atom. The Balaban J connectivity index is 2.44. The van der Waals surface area contributed by atoms with Crippen molar-refractivity contribution in [3.05, 3.63) is 69.7 Å². The van der Waals surface area contributed by atoms with Crippen molar-refractivity contribution in [2.75, 3.05) is 0 Å². The Bertz CT molecular complexity index is 603. The number of ketones is 1. The summed E-state index contributed by atoms with van der Waals surface area (Å²) in [5, 5.41) is -0.0537. The molecule has 0 amide bonds. The highest BCUT2D eigenvalue weighted by Crippen LogP contribution is 2.19. The Morgan fingerprint density at radius 2 is 1.78 bits per heavy atom. The summed E-state index contributed by atoms with van der Waals surface area (Å²) in [6.45, 7) is 1.68. The minimum Gasteiger partial charge on any atom is -0.289 e. The second-order valence-electron chi connectivity index (χ2n) is 3.98. The van der Waals surface area contributed by atoms with Crippen LogP contribution in [0.4, 0.5) is 8.78 Å². The fraction of sp³-hybridized carbons (Fsp3) is 0.0714. The van der Waals surface area contributed by atoms with Gasteiger partial charge in [0, 0.05) is 11.1 Å². The van der Waals surface area contributed by atoms with Crippen LogP contribution in [0.15, 0.2) is 36.4 Å². The number of aryl methyl sites for hydroxylation is 1. The zero-order valence-corrected chi connectivity index (χ0v) is 10.3. The molecule has 1 nitrogen and oxygen atoms in total. The summed E-state index contributed by atoms with van der Waals surface area (Å²) >= 11 is 5.54. The molecule has 4 heteroatoms. The van der Waals surface area contributed by atoms with Crippen LogP contribution in [0, 0.1) is 18.6 Å². The molecule has 0 aliphatic rings. The van der Waals surface area contributed by atoms with E-state index in [-0.39, 0.29) is 16.1 Å².